The number of halogens is 1. The number of hydrogen-bond acceptors (Lipinski definition) is 2. The van der Waals surface area contributed by atoms with Gasteiger partial charge in [-0.15, -0.1) is 0 Å². The van der Waals surface area contributed by atoms with Gasteiger partial charge in [-0.2, -0.15) is 0 Å². The number of nitrogen functional groups attached to an aromatic ring is 1. The van der Waals surface area contributed by atoms with Crippen molar-refractivity contribution in [3.8, 4) is 0 Å². The Morgan fingerprint density at radius 2 is 2.23 bits per heavy atom. The molecular weight excluding hydrogens is 250 g/mol. The van der Waals surface area contributed by atoms with E-state index in [1.54, 1.807) is 6.07 Å². The monoisotopic (exact) mass is 261 g/mol. The summed E-state index contributed by atoms with van der Waals surface area (Å²) >= 11 is 3.31. The average Bonchev–Trinajstić information content (AvgIpc) is 2.04. The first-order valence-corrected chi connectivity index (χ1v) is 6.19. The molecule has 13 heavy (non-hydrogen) atoms. The van der Waals surface area contributed by atoms with E-state index >= 15 is 0 Å². The fourth-order valence-electron chi connectivity index (χ4n) is 1.02. The van der Waals surface area contributed by atoms with E-state index < -0.39 is 10.8 Å². The molecule has 0 aromatic heterocycles. The van der Waals surface area contributed by atoms with Crippen molar-refractivity contribution in [1.82, 2.24) is 0 Å². The Hall–Kier alpha value is -0.350. The van der Waals surface area contributed by atoms with Crippen molar-refractivity contribution < 1.29 is 4.21 Å². The zero-order valence-electron chi connectivity index (χ0n) is 7.42. The minimum Gasteiger partial charge on any atom is -0.398 e. The average molecular weight is 262 g/mol. The number of hydrogen-bond donors (Lipinski definition) is 1. The van der Waals surface area contributed by atoms with Crippen LogP contribution in [0.15, 0.2) is 27.6 Å². The minimum absolute atomic E-state index is 0.598. The highest BCUT2D eigenvalue weighted by molar-refractivity contribution is 9.10. The minimum atomic E-state index is -0.949. The summed E-state index contributed by atoms with van der Waals surface area (Å²) in [6.45, 7) is 2.01. The van der Waals surface area contributed by atoms with E-state index in [9.17, 15) is 4.21 Å². The summed E-state index contributed by atoms with van der Waals surface area (Å²) in [4.78, 5) is 0.741. The lowest BCUT2D eigenvalue weighted by Gasteiger charge is -2.04. The van der Waals surface area contributed by atoms with Crippen LogP contribution in [0.4, 0.5) is 5.69 Å². The van der Waals surface area contributed by atoms with Crippen LogP contribution in [-0.4, -0.2) is 9.96 Å². The molecule has 0 aliphatic carbocycles. The third-order valence-electron chi connectivity index (χ3n) is 1.61. The SMILES string of the molecule is CCCS(=O)c1ccc(Br)cc1N. The van der Waals surface area contributed by atoms with Crippen LogP contribution in [0.5, 0.6) is 0 Å². The molecule has 0 spiro atoms. The molecular formula is C9H12BrNOS. The number of rotatable bonds is 3. The molecule has 0 saturated heterocycles. The Labute approximate surface area is 89.1 Å². The van der Waals surface area contributed by atoms with Gasteiger partial charge in [-0.3, -0.25) is 4.21 Å². The summed E-state index contributed by atoms with van der Waals surface area (Å²) in [5, 5.41) is 0. The second-order valence-electron chi connectivity index (χ2n) is 2.73. The summed E-state index contributed by atoms with van der Waals surface area (Å²) in [6, 6.07) is 5.45. The van der Waals surface area contributed by atoms with Crippen LogP contribution in [-0.2, 0) is 10.8 Å². The standard InChI is InChI=1S/C9H12BrNOS/c1-2-5-13(12)9-4-3-7(10)6-8(9)11/h3-4,6H,2,5,11H2,1H3. The van der Waals surface area contributed by atoms with E-state index in [2.05, 4.69) is 15.9 Å². The molecule has 1 aromatic rings. The summed E-state index contributed by atoms with van der Waals surface area (Å²) in [5.74, 6) is 0.672. The van der Waals surface area contributed by atoms with Crippen molar-refractivity contribution in [2.45, 2.75) is 18.2 Å². The highest BCUT2D eigenvalue weighted by atomic mass is 79.9. The molecule has 0 aliphatic rings. The van der Waals surface area contributed by atoms with Crippen LogP contribution in [0.3, 0.4) is 0 Å². The first-order valence-electron chi connectivity index (χ1n) is 4.08. The molecule has 0 radical (unpaired) electrons. The third kappa shape index (κ3) is 2.81. The lowest BCUT2D eigenvalue weighted by atomic mass is 10.3. The Balaban J connectivity index is 2.95. The molecule has 0 aliphatic heterocycles. The van der Waals surface area contributed by atoms with E-state index in [0.29, 0.717) is 11.4 Å². The van der Waals surface area contributed by atoms with Gasteiger partial charge in [0.15, 0.2) is 0 Å². The van der Waals surface area contributed by atoms with Gasteiger partial charge in [-0.05, 0) is 24.6 Å². The predicted octanol–water partition coefficient (Wildman–Crippen LogP) is 2.55. The Morgan fingerprint density at radius 3 is 2.77 bits per heavy atom. The van der Waals surface area contributed by atoms with Crippen molar-refractivity contribution in [3.05, 3.63) is 22.7 Å². The zero-order valence-corrected chi connectivity index (χ0v) is 9.82. The van der Waals surface area contributed by atoms with Gasteiger partial charge in [0.2, 0.25) is 0 Å². The quantitative estimate of drug-likeness (QED) is 0.851. The fraction of sp³-hybridized carbons (Fsp3) is 0.333. The number of anilines is 1. The lowest BCUT2D eigenvalue weighted by Crippen LogP contribution is -2.01. The van der Waals surface area contributed by atoms with Crippen molar-refractivity contribution in [2.75, 3.05) is 11.5 Å². The predicted molar refractivity (Wildman–Crippen MR) is 60.1 cm³/mol. The smallest absolute Gasteiger partial charge is 0.0618 e. The van der Waals surface area contributed by atoms with Gasteiger partial charge in [-0.1, -0.05) is 22.9 Å². The molecule has 1 atom stereocenters. The van der Waals surface area contributed by atoms with Gasteiger partial charge in [0, 0.05) is 15.9 Å². The molecule has 72 valence electrons. The number of benzene rings is 1. The molecule has 1 aromatic carbocycles. The molecule has 1 rings (SSSR count). The molecule has 2 N–H and O–H groups in total. The highest BCUT2D eigenvalue weighted by Gasteiger charge is 2.06. The Bertz CT molecular complexity index is 327. The maximum atomic E-state index is 11.6. The summed E-state index contributed by atoms with van der Waals surface area (Å²) in [7, 11) is -0.949. The Kier molecular flexibility index (Phi) is 3.93. The van der Waals surface area contributed by atoms with Crippen LogP contribution < -0.4 is 5.73 Å². The molecule has 2 nitrogen and oxygen atoms in total. The van der Waals surface area contributed by atoms with Gasteiger partial charge in [0.1, 0.15) is 0 Å². The maximum absolute atomic E-state index is 11.6. The van der Waals surface area contributed by atoms with Gasteiger partial charge < -0.3 is 5.73 Å². The molecule has 0 bridgehead atoms. The van der Waals surface area contributed by atoms with Gasteiger partial charge in [-0.25, -0.2) is 0 Å². The van der Waals surface area contributed by atoms with Gasteiger partial charge in [0.05, 0.1) is 15.7 Å². The maximum Gasteiger partial charge on any atom is 0.0618 e. The van der Waals surface area contributed by atoms with Crippen LogP contribution >= 0.6 is 15.9 Å². The second kappa shape index (κ2) is 4.77. The van der Waals surface area contributed by atoms with E-state index in [1.807, 2.05) is 19.1 Å². The number of nitrogens with two attached hydrogens (primary N) is 1. The van der Waals surface area contributed by atoms with E-state index in [0.717, 1.165) is 15.8 Å². The first-order chi connectivity index (χ1) is 6.15. The molecule has 0 amide bonds. The van der Waals surface area contributed by atoms with Crippen molar-refractivity contribution >= 4 is 32.4 Å². The van der Waals surface area contributed by atoms with Crippen LogP contribution in [0.1, 0.15) is 13.3 Å². The van der Waals surface area contributed by atoms with Crippen molar-refractivity contribution in [2.24, 2.45) is 0 Å². The van der Waals surface area contributed by atoms with Crippen molar-refractivity contribution in [3.63, 3.8) is 0 Å². The van der Waals surface area contributed by atoms with E-state index in [1.165, 1.54) is 0 Å². The van der Waals surface area contributed by atoms with Crippen LogP contribution in [0.25, 0.3) is 0 Å². The summed E-state index contributed by atoms with van der Waals surface area (Å²) < 4.78 is 12.5. The van der Waals surface area contributed by atoms with Crippen LogP contribution in [0, 0.1) is 0 Å². The Morgan fingerprint density at radius 1 is 1.54 bits per heavy atom. The first kappa shape index (κ1) is 10.7. The second-order valence-corrected chi connectivity index (χ2v) is 5.19. The molecule has 4 heteroatoms. The highest BCUT2D eigenvalue weighted by Crippen LogP contribution is 2.21. The summed E-state index contributed by atoms with van der Waals surface area (Å²) in [6.07, 6.45) is 0.905. The van der Waals surface area contributed by atoms with Gasteiger partial charge >= 0.3 is 0 Å². The van der Waals surface area contributed by atoms with E-state index in [4.69, 9.17) is 5.73 Å². The fourth-order valence-corrected chi connectivity index (χ4v) is 2.53. The molecule has 0 fully saturated rings. The normalized spacial score (nSPS) is 12.8. The lowest BCUT2D eigenvalue weighted by molar-refractivity contribution is 0.682. The molecule has 0 heterocycles. The van der Waals surface area contributed by atoms with Crippen molar-refractivity contribution in [1.29, 1.82) is 0 Å². The summed E-state index contributed by atoms with van der Waals surface area (Å²) in [5.41, 5.74) is 6.33. The van der Waals surface area contributed by atoms with Gasteiger partial charge in [0.25, 0.3) is 0 Å². The van der Waals surface area contributed by atoms with Crippen LogP contribution in [0.2, 0.25) is 0 Å². The zero-order chi connectivity index (χ0) is 9.84. The largest absolute Gasteiger partial charge is 0.398 e. The van der Waals surface area contributed by atoms with E-state index in [-0.39, 0.29) is 0 Å². The third-order valence-corrected chi connectivity index (χ3v) is 3.74. The molecule has 0 saturated carbocycles. The molecule has 1 unspecified atom stereocenters. The topological polar surface area (TPSA) is 43.1 Å².